The van der Waals surface area contributed by atoms with Crippen molar-refractivity contribution in [1.29, 1.82) is 0 Å². The highest BCUT2D eigenvalue weighted by Crippen LogP contribution is 2.18. The van der Waals surface area contributed by atoms with E-state index in [-0.39, 0.29) is 11.9 Å². The van der Waals surface area contributed by atoms with Gasteiger partial charge in [0.15, 0.2) is 0 Å². The lowest BCUT2D eigenvalue weighted by atomic mass is 10.0. The Morgan fingerprint density at radius 1 is 1.10 bits per heavy atom. The number of carbonyl (C=O) groups excluding carboxylic acids is 1. The van der Waals surface area contributed by atoms with Gasteiger partial charge in [-0.05, 0) is 25.0 Å². The van der Waals surface area contributed by atoms with Crippen LogP contribution in [0.5, 0.6) is 0 Å². The summed E-state index contributed by atoms with van der Waals surface area (Å²) in [5.74, 6) is 0.0500. The van der Waals surface area contributed by atoms with E-state index in [1.165, 1.54) is 0 Å². The van der Waals surface area contributed by atoms with Crippen molar-refractivity contribution in [3.05, 3.63) is 54.2 Å². The number of hydrogen-bond donors (Lipinski definition) is 1. The average Bonchev–Trinajstić information content (AvgIpc) is 2.56. The molecule has 0 saturated carbocycles. The highest BCUT2D eigenvalue weighted by atomic mass is 16.2. The predicted octanol–water partition coefficient (Wildman–Crippen LogP) is 2.31. The molecule has 1 amide bonds. The van der Waals surface area contributed by atoms with Crippen LogP contribution in [-0.2, 0) is 0 Å². The molecule has 1 saturated heterocycles. The number of nitrogens with two attached hydrogens (primary N) is 1. The van der Waals surface area contributed by atoms with Crippen molar-refractivity contribution in [3.63, 3.8) is 0 Å². The molecule has 1 aliphatic heterocycles. The number of piperidine rings is 1. The van der Waals surface area contributed by atoms with E-state index in [0.717, 1.165) is 37.2 Å². The van der Waals surface area contributed by atoms with E-state index in [1.54, 1.807) is 6.20 Å². The molecule has 0 bridgehead atoms. The van der Waals surface area contributed by atoms with E-state index < -0.39 is 0 Å². The fourth-order valence-corrected chi connectivity index (χ4v) is 2.59. The van der Waals surface area contributed by atoms with Crippen LogP contribution in [0.2, 0.25) is 0 Å². The second-order valence-electron chi connectivity index (χ2n) is 5.43. The second-order valence-corrected chi connectivity index (χ2v) is 5.43. The molecule has 4 nitrogen and oxygen atoms in total. The Bertz CT molecular complexity index is 602. The standard InChI is InChI=1S/C17H19N3O/c18-15-8-10-20(11-9-15)17(21)14-6-7-16(19-12-14)13-4-2-1-3-5-13/h1-7,12,15H,8-11,18H2. The number of likely N-dealkylation sites (tertiary alicyclic amines) is 1. The molecule has 1 aromatic heterocycles. The predicted molar refractivity (Wildman–Crippen MR) is 82.8 cm³/mol. The highest BCUT2D eigenvalue weighted by molar-refractivity contribution is 5.94. The number of benzene rings is 1. The molecule has 0 aliphatic carbocycles. The van der Waals surface area contributed by atoms with Gasteiger partial charge in [0, 0.05) is 30.9 Å². The third-order valence-electron chi connectivity index (χ3n) is 3.91. The molecule has 2 N–H and O–H groups in total. The lowest BCUT2D eigenvalue weighted by Gasteiger charge is -2.30. The van der Waals surface area contributed by atoms with Gasteiger partial charge in [0.25, 0.3) is 5.91 Å². The Kier molecular flexibility index (Phi) is 3.97. The Morgan fingerprint density at radius 2 is 1.81 bits per heavy atom. The van der Waals surface area contributed by atoms with Crippen LogP contribution in [0.25, 0.3) is 11.3 Å². The molecule has 2 heterocycles. The quantitative estimate of drug-likeness (QED) is 0.919. The van der Waals surface area contributed by atoms with Gasteiger partial charge in [0.2, 0.25) is 0 Å². The smallest absolute Gasteiger partial charge is 0.255 e. The minimum Gasteiger partial charge on any atom is -0.338 e. The first-order valence-corrected chi connectivity index (χ1v) is 7.30. The maximum Gasteiger partial charge on any atom is 0.255 e. The van der Waals surface area contributed by atoms with Crippen molar-refractivity contribution in [2.75, 3.05) is 13.1 Å². The topological polar surface area (TPSA) is 59.2 Å². The zero-order chi connectivity index (χ0) is 14.7. The lowest BCUT2D eigenvalue weighted by Crippen LogP contribution is -2.42. The zero-order valence-corrected chi connectivity index (χ0v) is 11.9. The van der Waals surface area contributed by atoms with Crippen LogP contribution in [-0.4, -0.2) is 34.9 Å². The van der Waals surface area contributed by atoms with Gasteiger partial charge in [-0.15, -0.1) is 0 Å². The number of aromatic nitrogens is 1. The van der Waals surface area contributed by atoms with Crippen LogP contribution in [0, 0.1) is 0 Å². The van der Waals surface area contributed by atoms with E-state index >= 15 is 0 Å². The molecule has 1 aromatic carbocycles. The van der Waals surface area contributed by atoms with Crippen molar-refractivity contribution in [2.45, 2.75) is 18.9 Å². The van der Waals surface area contributed by atoms with Crippen molar-refractivity contribution in [1.82, 2.24) is 9.88 Å². The maximum atomic E-state index is 12.4. The SMILES string of the molecule is NC1CCN(C(=O)c2ccc(-c3ccccc3)nc2)CC1. The summed E-state index contributed by atoms with van der Waals surface area (Å²) in [6.45, 7) is 1.47. The molecule has 108 valence electrons. The summed E-state index contributed by atoms with van der Waals surface area (Å²) in [6, 6.07) is 13.9. The second kappa shape index (κ2) is 6.06. The van der Waals surface area contributed by atoms with Crippen molar-refractivity contribution in [2.24, 2.45) is 5.73 Å². The summed E-state index contributed by atoms with van der Waals surface area (Å²) < 4.78 is 0. The van der Waals surface area contributed by atoms with E-state index in [4.69, 9.17) is 5.73 Å². The van der Waals surface area contributed by atoms with Gasteiger partial charge in [0.1, 0.15) is 0 Å². The molecule has 0 spiro atoms. The number of nitrogens with zero attached hydrogens (tertiary/aromatic N) is 2. The van der Waals surface area contributed by atoms with E-state index in [9.17, 15) is 4.79 Å². The third-order valence-corrected chi connectivity index (χ3v) is 3.91. The summed E-state index contributed by atoms with van der Waals surface area (Å²) >= 11 is 0. The van der Waals surface area contributed by atoms with Crippen LogP contribution in [0.1, 0.15) is 23.2 Å². The molecule has 0 atom stereocenters. The molecule has 4 heteroatoms. The molecule has 3 rings (SSSR count). The Hall–Kier alpha value is -2.20. The first-order valence-electron chi connectivity index (χ1n) is 7.30. The van der Waals surface area contributed by atoms with Crippen molar-refractivity contribution >= 4 is 5.91 Å². The van der Waals surface area contributed by atoms with Gasteiger partial charge in [-0.3, -0.25) is 9.78 Å². The molecule has 1 aliphatic rings. The highest BCUT2D eigenvalue weighted by Gasteiger charge is 2.21. The Morgan fingerprint density at radius 3 is 2.43 bits per heavy atom. The largest absolute Gasteiger partial charge is 0.338 e. The van der Waals surface area contributed by atoms with Crippen molar-refractivity contribution in [3.8, 4) is 11.3 Å². The number of pyridine rings is 1. The van der Waals surface area contributed by atoms with Gasteiger partial charge in [-0.2, -0.15) is 0 Å². The van der Waals surface area contributed by atoms with Crippen LogP contribution < -0.4 is 5.73 Å². The summed E-state index contributed by atoms with van der Waals surface area (Å²) in [4.78, 5) is 18.7. The molecule has 0 unspecified atom stereocenters. The van der Waals surface area contributed by atoms with E-state index in [0.29, 0.717) is 5.56 Å². The van der Waals surface area contributed by atoms with E-state index in [1.807, 2.05) is 47.4 Å². The van der Waals surface area contributed by atoms with Gasteiger partial charge >= 0.3 is 0 Å². The fourth-order valence-electron chi connectivity index (χ4n) is 2.59. The molecular weight excluding hydrogens is 262 g/mol. The molecule has 21 heavy (non-hydrogen) atoms. The maximum absolute atomic E-state index is 12.4. The summed E-state index contributed by atoms with van der Waals surface area (Å²) in [5, 5.41) is 0. The average molecular weight is 281 g/mol. The number of amides is 1. The fraction of sp³-hybridized carbons (Fsp3) is 0.294. The van der Waals surface area contributed by atoms with Gasteiger partial charge in [-0.25, -0.2) is 0 Å². The summed E-state index contributed by atoms with van der Waals surface area (Å²) in [6.07, 6.45) is 3.42. The van der Waals surface area contributed by atoms with Gasteiger partial charge in [-0.1, -0.05) is 30.3 Å². The Balaban J connectivity index is 1.73. The monoisotopic (exact) mass is 281 g/mol. The normalized spacial score (nSPS) is 16.0. The van der Waals surface area contributed by atoms with Crippen molar-refractivity contribution < 1.29 is 4.79 Å². The van der Waals surface area contributed by atoms with Crippen LogP contribution in [0.3, 0.4) is 0 Å². The number of hydrogen-bond acceptors (Lipinski definition) is 3. The first-order chi connectivity index (χ1) is 10.2. The summed E-state index contributed by atoms with van der Waals surface area (Å²) in [7, 11) is 0. The molecular formula is C17H19N3O. The third kappa shape index (κ3) is 3.11. The minimum atomic E-state index is 0.0500. The summed E-state index contributed by atoms with van der Waals surface area (Å²) in [5.41, 5.74) is 8.45. The van der Waals surface area contributed by atoms with Crippen LogP contribution in [0.15, 0.2) is 48.7 Å². The first kappa shape index (κ1) is 13.8. The van der Waals surface area contributed by atoms with Gasteiger partial charge < -0.3 is 10.6 Å². The number of rotatable bonds is 2. The number of carbonyl (C=O) groups is 1. The van der Waals surface area contributed by atoms with E-state index in [2.05, 4.69) is 4.98 Å². The molecule has 0 radical (unpaired) electrons. The van der Waals surface area contributed by atoms with Gasteiger partial charge in [0.05, 0.1) is 11.3 Å². The zero-order valence-electron chi connectivity index (χ0n) is 11.9. The lowest BCUT2D eigenvalue weighted by molar-refractivity contribution is 0.0714. The molecule has 1 fully saturated rings. The Labute approximate surface area is 124 Å². The van der Waals surface area contributed by atoms with Crippen LogP contribution in [0.4, 0.5) is 0 Å². The van der Waals surface area contributed by atoms with Crippen LogP contribution >= 0.6 is 0 Å². The minimum absolute atomic E-state index is 0.0500. The molecule has 2 aromatic rings.